The molecule has 0 radical (unpaired) electrons. The highest BCUT2D eigenvalue weighted by Gasteiger charge is 2.48. The fraction of sp³-hybridized carbons (Fsp3) is 0.714. The molecule has 1 amide bonds. The summed E-state index contributed by atoms with van der Waals surface area (Å²) >= 11 is 0. The van der Waals surface area contributed by atoms with Crippen molar-refractivity contribution in [3.05, 3.63) is 17.5 Å². The number of aromatic nitrogens is 1. The van der Waals surface area contributed by atoms with Gasteiger partial charge in [-0.1, -0.05) is 5.16 Å². The number of nitrogens with zero attached hydrogens (tertiary/aromatic N) is 3. The number of hydrogen-bond acceptors (Lipinski definition) is 5. The molecule has 3 rings (SSSR count). The fourth-order valence-corrected chi connectivity index (χ4v) is 5.20. The van der Waals surface area contributed by atoms with Crippen LogP contribution in [0, 0.1) is 6.92 Å². The van der Waals surface area contributed by atoms with Gasteiger partial charge in [-0.3, -0.25) is 4.79 Å². The lowest BCUT2D eigenvalue weighted by Gasteiger charge is -2.44. The summed E-state index contributed by atoms with van der Waals surface area (Å²) in [5.74, 6) is 0.370. The minimum absolute atomic E-state index is 0.127. The minimum Gasteiger partial charge on any atom is -0.361 e. The van der Waals surface area contributed by atoms with Crippen LogP contribution in [-0.2, 0) is 10.0 Å². The van der Waals surface area contributed by atoms with E-state index in [0.717, 1.165) is 25.7 Å². The van der Waals surface area contributed by atoms with Gasteiger partial charge >= 0.3 is 0 Å². The molecule has 0 aliphatic carbocycles. The average molecular weight is 327 g/mol. The van der Waals surface area contributed by atoms with Gasteiger partial charge in [0.25, 0.3) is 5.91 Å². The van der Waals surface area contributed by atoms with Crippen LogP contribution in [-0.4, -0.2) is 60.1 Å². The third-order valence-corrected chi connectivity index (χ3v) is 6.13. The first kappa shape index (κ1) is 15.5. The van der Waals surface area contributed by atoms with Gasteiger partial charge < -0.3 is 9.42 Å². The second-order valence-corrected chi connectivity index (χ2v) is 8.20. The molecule has 2 aliphatic heterocycles. The van der Waals surface area contributed by atoms with E-state index in [-0.39, 0.29) is 5.91 Å². The largest absolute Gasteiger partial charge is 0.361 e. The fourth-order valence-electron chi connectivity index (χ4n) is 3.80. The summed E-state index contributed by atoms with van der Waals surface area (Å²) < 4.78 is 30.7. The minimum atomic E-state index is -3.26. The molecule has 22 heavy (non-hydrogen) atoms. The molecule has 0 aromatic carbocycles. The van der Waals surface area contributed by atoms with Crippen LogP contribution in [0.5, 0.6) is 0 Å². The smallest absolute Gasteiger partial charge is 0.259 e. The van der Waals surface area contributed by atoms with Crippen LogP contribution in [0.15, 0.2) is 10.7 Å². The Bertz CT molecular complexity index is 684. The van der Waals surface area contributed by atoms with Crippen LogP contribution < -0.4 is 0 Å². The summed E-state index contributed by atoms with van der Waals surface area (Å²) in [4.78, 5) is 14.4. The second kappa shape index (κ2) is 5.34. The zero-order valence-electron chi connectivity index (χ0n) is 12.9. The summed E-state index contributed by atoms with van der Waals surface area (Å²) in [5, 5.41) is 3.65. The van der Waals surface area contributed by atoms with Crippen molar-refractivity contribution in [1.82, 2.24) is 14.4 Å². The van der Waals surface area contributed by atoms with E-state index in [1.54, 1.807) is 16.1 Å². The quantitative estimate of drug-likeness (QED) is 0.809. The van der Waals surface area contributed by atoms with E-state index in [4.69, 9.17) is 4.52 Å². The van der Waals surface area contributed by atoms with Crippen LogP contribution in [0.1, 0.15) is 41.8 Å². The average Bonchev–Trinajstić information content (AvgIpc) is 3.04. The highest BCUT2D eigenvalue weighted by molar-refractivity contribution is 7.88. The van der Waals surface area contributed by atoms with Crippen molar-refractivity contribution in [2.24, 2.45) is 0 Å². The zero-order valence-corrected chi connectivity index (χ0v) is 13.7. The number of amides is 1. The third-order valence-electron chi connectivity index (χ3n) is 4.76. The van der Waals surface area contributed by atoms with Crippen molar-refractivity contribution in [2.75, 3.05) is 25.9 Å². The molecular formula is C14H21N3O4S. The van der Waals surface area contributed by atoms with E-state index in [1.807, 2.05) is 0 Å². The van der Waals surface area contributed by atoms with E-state index in [1.165, 1.54) is 12.5 Å². The normalized spacial score (nSPS) is 26.7. The molecule has 1 aromatic rings. The zero-order chi connectivity index (χ0) is 16.0. The lowest BCUT2D eigenvalue weighted by molar-refractivity contribution is 0.0523. The number of carbonyl (C=O) groups excluding carboxylic acids is 1. The maximum atomic E-state index is 12.6. The van der Waals surface area contributed by atoms with Crippen molar-refractivity contribution < 1.29 is 17.7 Å². The predicted octanol–water partition coefficient (Wildman–Crippen LogP) is 1.01. The molecule has 8 heteroatoms. The van der Waals surface area contributed by atoms with Crippen LogP contribution in [0.4, 0.5) is 0 Å². The monoisotopic (exact) mass is 327 g/mol. The number of carbonyl (C=O) groups is 1. The summed E-state index contributed by atoms with van der Waals surface area (Å²) in [5.41, 5.74) is 0.0213. The van der Waals surface area contributed by atoms with Crippen molar-refractivity contribution >= 4 is 15.9 Å². The Kier molecular flexibility index (Phi) is 3.76. The predicted molar refractivity (Wildman–Crippen MR) is 79.9 cm³/mol. The molecule has 2 fully saturated rings. The molecule has 0 bridgehead atoms. The molecule has 0 unspecified atom stereocenters. The Morgan fingerprint density at radius 1 is 1.32 bits per heavy atom. The molecule has 2 aliphatic rings. The Labute approximate surface area is 130 Å². The van der Waals surface area contributed by atoms with Gasteiger partial charge in [-0.25, -0.2) is 8.42 Å². The van der Waals surface area contributed by atoms with Gasteiger partial charge in [-0.15, -0.1) is 0 Å². The van der Waals surface area contributed by atoms with Gasteiger partial charge in [0.05, 0.1) is 18.0 Å². The summed E-state index contributed by atoms with van der Waals surface area (Å²) in [6, 6.07) is 0. The number of likely N-dealkylation sites (tertiary alicyclic amines) is 1. The first-order valence-electron chi connectivity index (χ1n) is 7.52. The van der Waals surface area contributed by atoms with Crippen LogP contribution in [0.3, 0.4) is 0 Å². The highest BCUT2D eigenvalue weighted by Crippen LogP contribution is 2.39. The van der Waals surface area contributed by atoms with E-state index < -0.39 is 15.6 Å². The van der Waals surface area contributed by atoms with Gasteiger partial charge in [0.1, 0.15) is 11.3 Å². The van der Waals surface area contributed by atoms with Gasteiger partial charge in [-0.05, 0) is 32.6 Å². The molecule has 0 N–H and O–H groups in total. The Morgan fingerprint density at radius 3 is 2.59 bits per heavy atom. The summed E-state index contributed by atoms with van der Waals surface area (Å²) in [6.45, 7) is 3.35. The third kappa shape index (κ3) is 2.54. The van der Waals surface area contributed by atoms with Crippen molar-refractivity contribution in [2.45, 2.75) is 38.1 Å². The molecule has 1 atom stereocenters. The lowest BCUT2D eigenvalue weighted by Crippen LogP contribution is -2.58. The maximum Gasteiger partial charge on any atom is 0.259 e. The molecule has 1 spiro atoms. The van der Waals surface area contributed by atoms with E-state index in [0.29, 0.717) is 31.0 Å². The molecule has 2 saturated heterocycles. The first-order chi connectivity index (χ1) is 10.3. The van der Waals surface area contributed by atoms with Crippen LogP contribution in [0.2, 0.25) is 0 Å². The second-order valence-electron chi connectivity index (χ2n) is 6.29. The number of aryl methyl sites for hydroxylation is 1. The number of piperidine rings is 1. The maximum absolute atomic E-state index is 12.6. The molecule has 3 heterocycles. The van der Waals surface area contributed by atoms with Gasteiger partial charge in [0.2, 0.25) is 10.0 Å². The lowest BCUT2D eigenvalue weighted by atomic mass is 9.87. The summed E-state index contributed by atoms with van der Waals surface area (Å²) in [7, 11) is -3.26. The molecular weight excluding hydrogens is 306 g/mol. The van der Waals surface area contributed by atoms with Crippen molar-refractivity contribution in [3.63, 3.8) is 0 Å². The Morgan fingerprint density at radius 2 is 2.00 bits per heavy atom. The molecule has 122 valence electrons. The van der Waals surface area contributed by atoms with Gasteiger partial charge in [-0.2, -0.15) is 4.31 Å². The summed E-state index contributed by atoms with van der Waals surface area (Å²) in [6.07, 6.45) is 5.97. The highest BCUT2D eigenvalue weighted by atomic mass is 32.2. The Balaban J connectivity index is 1.85. The first-order valence-corrected chi connectivity index (χ1v) is 9.37. The SMILES string of the molecule is Cc1oncc1C(=O)N1CCC[C@@]2(CCCN2S(C)(=O)=O)C1. The molecule has 7 nitrogen and oxygen atoms in total. The van der Waals surface area contributed by atoms with Crippen LogP contribution >= 0.6 is 0 Å². The molecule has 1 aromatic heterocycles. The molecule has 0 saturated carbocycles. The van der Waals surface area contributed by atoms with Gasteiger partial charge in [0.15, 0.2) is 0 Å². The number of sulfonamides is 1. The van der Waals surface area contributed by atoms with Crippen LogP contribution in [0.25, 0.3) is 0 Å². The standard InChI is InChI=1S/C14H21N3O4S/c1-11-12(9-15-21-11)13(18)16-7-3-5-14(10-16)6-4-8-17(14)22(2,19)20/h9H,3-8,10H2,1-2H3/t14-/m1/s1. The van der Waals surface area contributed by atoms with E-state index in [9.17, 15) is 13.2 Å². The van der Waals surface area contributed by atoms with Crippen molar-refractivity contribution in [1.29, 1.82) is 0 Å². The van der Waals surface area contributed by atoms with Gasteiger partial charge in [0, 0.05) is 19.6 Å². The van der Waals surface area contributed by atoms with Crippen molar-refractivity contribution in [3.8, 4) is 0 Å². The topological polar surface area (TPSA) is 83.7 Å². The number of rotatable bonds is 2. The Hall–Kier alpha value is -1.41. The van der Waals surface area contributed by atoms with E-state index in [2.05, 4.69) is 5.16 Å². The number of hydrogen-bond donors (Lipinski definition) is 0. The van der Waals surface area contributed by atoms with E-state index >= 15 is 0 Å².